The zero-order valence-corrected chi connectivity index (χ0v) is 39.9. The first-order valence-electron chi connectivity index (χ1n) is 25.0. The molecule has 0 heterocycles. The van der Waals surface area contributed by atoms with Crippen LogP contribution in [0.15, 0.2) is 24.3 Å². The molecule has 60 heavy (non-hydrogen) atoms. The minimum absolute atomic E-state index is 0.184. The maximum atomic E-state index is 12.8. The second-order valence-corrected chi connectivity index (χ2v) is 18.1. The van der Waals surface area contributed by atoms with Crippen molar-refractivity contribution in [2.45, 2.75) is 238 Å². The van der Waals surface area contributed by atoms with Crippen LogP contribution >= 0.6 is 0 Å². The molecule has 0 aromatic carbocycles. The van der Waals surface area contributed by atoms with Crippen molar-refractivity contribution in [2.75, 3.05) is 47.5 Å². The first-order chi connectivity index (χ1) is 29.1. The number of quaternary nitrogens is 1. The number of carbonyl (C=O) groups is 3. The van der Waals surface area contributed by atoms with Crippen molar-refractivity contribution in [2.24, 2.45) is 0 Å². The van der Waals surface area contributed by atoms with Crippen LogP contribution in [-0.4, -0.2) is 87.4 Å². The minimum Gasteiger partial charge on any atom is -0.477 e. The Balaban J connectivity index is 4.34. The van der Waals surface area contributed by atoms with E-state index in [1.54, 1.807) is 0 Å². The van der Waals surface area contributed by atoms with Crippen molar-refractivity contribution in [1.29, 1.82) is 0 Å². The van der Waals surface area contributed by atoms with Gasteiger partial charge in [-0.25, -0.2) is 4.79 Å². The molecule has 0 aromatic rings. The smallest absolute Gasteiger partial charge is 0.361 e. The largest absolute Gasteiger partial charge is 0.477 e. The SMILES string of the molecule is CCCCCCC/C=C\CCCCCCCC(=O)OCC(COC(OCC[N+](C)(C)C)C(=O)O)OC(=O)CCCCCCCCCCC/C=C\CCCCCCCCCC. The second kappa shape index (κ2) is 43.4. The predicted molar refractivity (Wildman–Crippen MR) is 249 cm³/mol. The summed E-state index contributed by atoms with van der Waals surface area (Å²) in [6, 6.07) is 0. The molecule has 0 saturated carbocycles. The van der Waals surface area contributed by atoms with E-state index in [4.69, 9.17) is 18.9 Å². The average Bonchev–Trinajstić information content (AvgIpc) is 3.21. The molecule has 9 nitrogen and oxygen atoms in total. The number of carboxylic acid groups (broad SMARTS) is 1. The van der Waals surface area contributed by atoms with Gasteiger partial charge in [0.2, 0.25) is 0 Å². The molecule has 0 rings (SSSR count). The van der Waals surface area contributed by atoms with Gasteiger partial charge < -0.3 is 28.5 Å². The third kappa shape index (κ3) is 43.8. The van der Waals surface area contributed by atoms with Gasteiger partial charge in [-0.05, 0) is 64.2 Å². The van der Waals surface area contributed by atoms with Gasteiger partial charge in [-0.15, -0.1) is 0 Å². The topological polar surface area (TPSA) is 108 Å². The van der Waals surface area contributed by atoms with Gasteiger partial charge in [0.05, 0.1) is 34.4 Å². The zero-order valence-electron chi connectivity index (χ0n) is 39.9. The number of ether oxygens (including phenoxy) is 4. The second-order valence-electron chi connectivity index (χ2n) is 18.1. The molecular formula is C51H96NO8+. The van der Waals surface area contributed by atoms with E-state index >= 15 is 0 Å². The zero-order chi connectivity index (χ0) is 44.2. The number of rotatable bonds is 46. The number of likely N-dealkylation sites (N-methyl/N-ethyl adjacent to an activating group) is 1. The van der Waals surface area contributed by atoms with Crippen LogP contribution in [0.25, 0.3) is 0 Å². The summed E-state index contributed by atoms with van der Waals surface area (Å²) in [5, 5.41) is 9.65. The number of hydrogen-bond acceptors (Lipinski definition) is 7. The fraction of sp³-hybridized carbons (Fsp3) is 0.863. The van der Waals surface area contributed by atoms with Gasteiger partial charge in [0, 0.05) is 12.8 Å². The molecule has 9 heteroatoms. The Hall–Kier alpha value is -2.23. The van der Waals surface area contributed by atoms with Crippen LogP contribution in [0.2, 0.25) is 0 Å². The highest BCUT2D eigenvalue weighted by atomic mass is 16.7. The highest BCUT2D eigenvalue weighted by Crippen LogP contribution is 2.15. The first-order valence-corrected chi connectivity index (χ1v) is 25.0. The molecule has 0 aliphatic heterocycles. The monoisotopic (exact) mass is 851 g/mol. The molecular weight excluding hydrogens is 755 g/mol. The highest BCUT2D eigenvalue weighted by Gasteiger charge is 2.25. The van der Waals surface area contributed by atoms with Crippen molar-refractivity contribution in [3.8, 4) is 0 Å². The van der Waals surface area contributed by atoms with Crippen LogP contribution < -0.4 is 0 Å². The van der Waals surface area contributed by atoms with Crippen molar-refractivity contribution < 1.29 is 42.9 Å². The number of aliphatic carboxylic acids is 1. The standard InChI is InChI=1S/C51H95NO8/c1-6-8-10-12-14-16-18-20-22-23-24-25-26-27-28-30-32-34-36-38-40-42-49(54)60-47(46-59-51(50(55)56)57-44-43-52(3,4)5)45-58-48(53)41-39-37-35-33-31-29-21-19-17-15-13-11-9-7-2/h19,21,23-24,47,51H,6-18,20,22,25-46H2,1-5H3/p+1/b21-19-,24-23-. The number of esters is 2. The highest BCUT2D eigenvalue weighted by molar-refractivity contribution is 5.71. The molecule has 0 radical (unpaired) electrons. The Kier molecular flexibility index (Phi) is 41.8. The van der Waals surface area contributed by atoms with Gasteiger partial charge in [0.15, 0.2) is 6.10 Å². The molecule has 0 fully saturated rings. The molecule has 2 atom stereocenters. The van der Waals surface area contributed by atoms with E-state index in [1.165, 1.54) is 141 Å². The van der Waals surface area contributed by atoms with Gasteiger partial charge in [-0.2, -0.15) is 0 Å². The summed E-state index contributed by atoms with van der Waals surface area (Å²) in [4.78, 5) is 37.2. The summed E-state index contributed by atoms with van der Waals surface area (Å²) in [6.45, 7) is 4.87. The van der Waals surface area contributed by atoms with Crippen LogP contribution in [0.3, 0.4) is 0 Å². The lowest BCUT2D eigenvalue weighted by molar-refractivity contribution is -0.870. The molecule has 0 saturated heterocycles. The summed E-state index contributed by atoms with van der Waals surface area (Å²) >= 11 is 0. The molecule has 0 amide bonds. The molecule has 1 N–H and O–H groups in total. The van der Waals surface area contributed by atoms with E-state index in [0.29, 0.717) is 17.4 Å². The molecule has 0 bridgehead atoms. The molecule has 352 valence electrons. The Bertz CT molecular complexity index is 1040. The fourth-order valence-corrected chi connectivity index (χ4v) is 7.00. The van der Waals surface area contributed by atoms with Crippen LogP contribution in [0.5, 0.6) is 0 Å². The number of allylic oxidation sites excluding steroid dienone is 4. The number of carboxylic acids is 1. The van der Waals surface area contributed by atoms with E-state index in [9.17, 15) is 19.5 Å². The Morgan fingerprint density at radius 3 is 1.23 bits per heavy atom. The number of carbonyl (C=O) groups excluding carboxylic acids is 2. The van der Waals surface area contributed by atoms with Crippen LogP contribution in [0, 0.1) is 0 Å². The number of unbranched alkanes of at least 4 members (excludes halogenated alkanes) is 27. The predicted octanol–water partition coefficient (Wildman–Crippen LogP) is 13.6. The molecule has 2 unspecified atom stereocenters. The summed E-state index contributed by atoms with van der Waals surface area (Å²) < 4.78 is 22.8. The Morgan fingerprint density at radius 1 is 0.483 bits per heavy atom. The normalized spacial score (nSPS) is 13.0. The van der Waals surface area contributed by atoms with Crippen LogP contribution in [0.1, 0.15) is 226 Å². The lowest BCUT2D eigenvalue weighted by atomic mass is 10.1. The van der Waals surface area contributed by atoms with Gasteiger partial charge >= 0.3 is 17.9 Å². The molecule has 0 spiro atoms. The third-order valence-electron chi connectivity index (χ3n) is 10.9. The first kappa shape index (κ1) is 57.8. The Labute approximate surface area is 369 Å². The number of nitrogens with zero attached hydrogens (tertiary/aromatic N) is 1. The van der Waals surface area contributed by atoms with E-state index in [0.717, 1.165) is 57.8 Å². The maximum absolute atomic E-state index is 12.8. The molecule has 0 aliphatic carbocycles. The van der Waals surface area contributed by atoms with E-state index < -0.39 is 24.3 Å². The maximum Gasteiger partial charge on any atom is 0.361 e. The lowest BCUT2D eigenvalue weighted by Gasteiger charge is -2.25. The average molecular weight is 851 g/mol. The van der Waals surface area contributed by atoms with Crippen LogP contribution in [0.4, 0.5) is 0 Å². The number of hydrogen-bond donors (Lipinski definition) is 1. The molecule has 0 aromatic heterocycles. The van der Waals surface area contributed by atoms with Crippen molar-refractivity contribution in [3.05, 3.63) is 24.3 Å². The van der Waals surface area contributed by atoms with Gasteiger partial charge in [-0.3, -0.25) is 9.59 Å². The summed E-state index contributed by atoms with van der Waals surface area (Å²) in [5.74, 6) is -2.01. The Morgan fingerprint density at radius 2 is 0.850 bits per heavy atom. The van der Waals surface area contributed by atoms with Gasteiger partial charge in [0.1, 0.15) is 13.2 Å². The lowest BCUT2D eigenvalue weighted by Crippen LogP contribution is -2.40. The van der Waals surface area contributed by atoms with Crippen molar-refractivity contribution in [1.82, 2.24) is 0 Å². The summed E-state index contributed by atoms with van der Waals surface area (Å²) in [7, 11) is 5.96. The summed E-state index contributed by atoms with van der Waals surface area (Å²) in [6.07, 6.45) is 45.2. The minimum atomic E-state index is -1.51. The van der Waals surface area contributed by atoms with E-state index in [1.807, 2.05) is 21.1 Å². The van der Waals surface area contributed by atoms with Gasteiger partial charge in [0.25, 0.3) is 6.29 Å². The van der Waals surface area contributed by atoms with E-state index in [2.05, 4.69) is 38.2 Å². The third-order valence-corrected chi connectivity index (χ3v) is 10.9. The van der Waals surface area contributed by atoms with Crippen molar-refractivity contribution in [3.63, 3.8) is 0 Å². The quantitative estimate of drug-likeness (QED) is 0.0212. The van der Waals surface area contributed by atoms with Crippen molar-refractivity contribution >= 4 is 17.9 Å². The van der Waals surface area contributed by atoms with Gasteiger partial charge in [-0.1, -0.05) is 173 Å². The van der Waals surface area contributed by atoms with Crippen LogP contribution in [-0.2, 0) is 33.3 Å². The molecule has 0 aliphatic rings. The summed E-state index contributed by atoms with van der Waals surface area (Å²) in [5.41, 5.74) is 0. The fourth-order valence-electron chi connectivity index (χ4n) is 7.00. The van der Waals surface area contributed by atoms with E-state index in [-0.39, 0.29) is 32.2 Å².